The Balaban J connectivity index is 0.00000162. The van der Waals surface area contributed by atoms with Crippen LogP contribution < -0.4 is 4.74 Å². The molecule has 0 aromatic heterocycles. The van der Waals surface area contributed by atoms with E-state index >= 15 is 0 Å². The van der Waals surface area contributed by atoms with Crippen LogP contribution in [0.2, 0.25) is 5.02 Å². The second kappa shape index (κ2) is 5.98. The summed E-state index contributed by atoms with van der Waals surface area (Å²) in [6, 6.07) is 9.05. The average molecular weight is 295 g/mol. The van der Waals surface area contributed by atoms with Crippen molar-refractivity contribution in [3.05, 3.63) is 58.9 Å². The zero-order valence-corrected chi connectivity index (χ0v) is 10.4. The van der Waals surface area contributed by atoms with E-state index in [9.17, 15) is 13.2 Å². The lowest BCUT2D eigenvalue weighted by molar-refractivity contribution is 0.394. The van der Waals surface area contributed by atoms with Crippen LogP contribution in [0, 0.1) is 17.5 Å². The van der Waals surface area contributed by atoms with Crippen LogP contribution in [0.4, 0.5) is 13.2 Å². The molecular weight excluding hydrogens is 288 g/mol. The topological polar surface area (TPSA) is 9.23 Å². The molecule has 2 rings (SSSR count). The number of para-hydroxylation sites is 1. The van der Waals surface area contributed by atoms with Crippen molar-refractivity contribution in [3.63, 3.8) is 0 Å². The van der Waals surface area contributed by atoms with Crippen LogP contribution in [0.3, 0.4) is 0 Å². The molecule has 18 heavy (non-hydrogen) atoms. The maximum absolute atomic E-state index is 13.3. The van der Waals surface area contributed by atoms with E-state index < -0.39 is 28.2 Å². The second-order valence-corrected chi connectivity index (χ2v) is 3.62. The van der Waals surface area contributed by atoms with Crippen LogP contribution in [0.15, 0.2) is 36.4 Å². The molecule has 96 valence electrons. The minimum absolute atomic E-state index is 0. The Morgan fingerprint density at radius 3 is 2.11 bits per heavy atom. The Morgan fingerprint density at radius 2 is 1.50 bits per heavy atom. The monoisotopic (exact) mass is 294 g/mol. The van der Waals surface area contributed by atoms with E-state index in [0.29, 0.717) is 5.75 Å². The van der Waals surface area contributed by atoms with Gasteiger partial charge in [0.2, 0.25) is 5.82 Å². The van der Waals surface area contributed by atoms with Crippen LogP contribution >= 0.6 is 24.0 Å². The van der Waals surface area contributed by atoms with Crippen molar-refractivity contribution in [2.24, 2.45) is 0 Å². The first-order chi connectivity index (χ1) is 8.09. The van der Waals surface area contributed by atoms with Crippen molar-refractivity contribution in [2.75, 3.05) is 0 Å². The molecule has 0 aliphatic rings. The van der Waals surface area contributed by atoms with Crippen LogP contribution in [-0.2, 0) is 0 Å². The molecule has 0 radical (unpaired) electrons. The first-order valence-corrected chi connectivity index (χ1v) is 5.03. The molecule has 0 aliphatic carbocycles. The molecule has 6 heteroatoms. The molecule has 0 bridgehead atoms. The van der Waals surface area contributed by atoms with Gasteiger partial charge in [-0.25, -0.2) is 8.78 Å². The number of ether oxygens (including phenoxy) is 1. The molecule has 0 fully saturated rings. The minimum Gasteiger partial charge on any atom is -0.454 e. The molecule has 0 saturated carbocycles. The quantitative estimate of drug-likeness (QED) is 0.561. The van der Waals surface area contributed by atoms with Gasteiger partial charge in [0.25, 0.3) is 0 Å². The van der Waals surface area contributed by atoms with Crippen molar-refractivity contribution in [3.8, 4) is 11.5 Å². The smallest absolute Gasteiger partial charge is 0.204 e. The van der Waals surface area contributed by atoms with E-state index in [4.69, 9.17) is 16.3 Å². The summed E-state index contributed by atoms with van der Waals surface area (Å²) in [5.74, 6) is -4.64. The number of hydrogen-bond donors (Lipinski definition) is 0. The van der Waals surface area contributed by atoms with Gasteiger partial charge in [-0.2, -0.15) is 4.39 Å². The highest BCUT2D eigenvalue weighted by Gasteiger charge is 2.19. The third-order valence-corrected chi connectivity index (χ3v) is 2.32. The number of halogens is 5. The maximum Gasteiger partial charge on any atom is 0.204 e. The largest absolute Gasteiger partial charge is 0.454 e. The summed E-state index contributed by atoms with van der Waals surface area (Å²) in [5, 5.41) is -0.533. The van der Waals surface area contributed by atoms with Crippen molar-refractivity contribution < 1.29 is 17.9 Å². The molecule has 2 aromatic rings. The van der Waals surface area contributed by atoms with Gasteiger partial charge in [0, 0.05) is 6.07 Å². The molecule has 0 saturated heterocycles. The Bertz CT molecular complexity index is 547. The lowest BCUT2D eigenvalue weighted by Gasteiger charge is -2.08. The molecule has 0 N–H and O–H groups in total. The predicted molar refractivity (Wildman–Crippen MR) is 65.1 cm³/mol. The van der Waals surface area contributed by atoms with Crippen LogP contribution in [0.1, 0.15) is 0 Å². The van der Waals surface area contributed by atoms with E-state index in [-0.39, 0.29) is 12.4 Å². The van der Waals surface area contributed by atoms with Crippen LogP contribution in [0.5, 0.6) is 11.5 Å². The van der Waals surface area contributed by atoms with E-state index in [2.05, 4.69) is 0 Å². The third-order valence-electron chi connectivity index (χ3n) is 2.04. The van der Waals surface area contributed by atoms with E-state index in [1.807, 2.05) is 0 Å². The first-order valence-electron chi connectivity index (χ1n) is 4.65. The van der Waals surface area contributed by atoms with Gasteiger partial charge in [0.1, 0.15) is 5.75 Å². The summed E-state index contributed by atoms with van der Waals surface area (Å²) in [7, 11) is 0. The summed E-state index contributed by atoms with van der Waals surface area (Å²) in [4.78, 5) is 0. The Labute approximate surface area is 113 Å². The fourth-order valence-corrected chi connectivity index (χ4v) is 1.42. The Kier molecular flexibility index (Phi) is 4.87. The summed E-state index contributed by atoms with van der Waals surface area (Å²) in [6.45, 7) is 0. The minimum atomic E-state index is -1.65. The van der Waals surface area contributed by atoms with Gasteiger partial charge in [0.05, 0.1) is 5.02 Å². The zero-order valence-electron chi connectivity index (χ0n) is 8.79. The van der Waals surface area contributed by atoms with Gasteiger partial charge >= 0.3 is 0 Å². The SMILES string of the molecule is Cl.Fc1c(Cl)cc(Oc2ccccc2)c(F)c1F. The van der Waals surface area contributed by atoms with Gasteiger partial charge in [-0.1, -0.05) is 29.8 Å². The zero-order chi connectivity index (χ0) is 12.4. The predicted octanol–water partition coefficient (Wildman–Crippen LogP) is 4.97. The lowest BCUT2D eigenvalue weighted by atomic mass is 10.3. The number of rotatable bonds is 2. The Hall–Kier alpha value is -1.39. The van der Waals surface area contributed by atoms with E-state index in [1.165, 1.54) is 0 Å². The maximum atomic E-state index is 13.3. The van der Waals surface area contributed by atoms with Crippen molar-refractivity contribution >= 4 is 24.0 Å². The fraction of sp³-hybridized carbons (Fsp3) is 0. The van der Waals surface area contributed by atoms with E-state index in [1.54, 1.807) is 30.3 Å². The van der Waals surface area contributed by atoms with Crippen LogP contribution in [-0.4, -0.2) is 0 Å². The molecule has 0 spiro atoms. The molecule has 2 aromatic carbocycles. The van der Waals surface area contributed by atoms with Gasteiger partial charge in [-0.05, 0) is 12.1 Å². The molecule has 1 nitrogen and oxygen atoms in total. The summed E-state index contributed by atoms with van der Waals surface area (Å²) < 4.78 is 44.3. The van der Waals surface area contributed by atoms with Gasteiger partial charge in [-0.3, -0.25) is 0 Å². The lowest BCUT2D eigenvalue weighted by Crippen LogP contribution is -1.96. The molecule has 0 aliphatic heterocycles. The highest BCUT2D eigenvalue weighted by atomic mass is 35.5. The highest BCUT2D eigenvalue weighted by molar-refractivity contribution is 6.30. The normalized spacial score (nSPS) is 9.78. The molecule has 0 unspecified atom stereocenters. The molecular formula is C12H7Cl2F3O. The molecule has 0 atom stereocenters. The molecule has 0 heterocycles. The van der Waals surface area contributed by atoms with Gasteiger partial charge in [0.15, 0.2) is 17.4 Å². The molecule has 0 amide bonds. The standard InChI is InChI=1S/C12H6ClF3O.ClH/c13-8-6-9(11(15)12(16)10(8)14)17-7-4-2-1-3-5-7;/h1-6H;1H. The average Bonchev–Trinajstić information content (AvgIpc) is 2.35. The summed E-state index contributed by atoms with van der Waals surface area (Å²) in [5.41, 5.74) is 0. The first kappa shape index (κ1) is 14.7. The van der Waals surface area contributed by atoms with Gasteiger partial charge in [-0.15, -0.1) is 12.4 Å². The number of benzene rings is 2. The third kappa shape index (κ3) is 2.89. The summed E-state index contributed by atoms with van der Waals surface area (Å²) >= 11 is 5.40. The van der Waals surface area contributed by atoms with Crippen molar-refractivity contribution in [1.29, 1.82) is 0 Å². The van der Waals surface area contributed by atoms with Crippen molar-refractivity contribution in [2.45, 2.75) is 0 Å². The Morgan fingerprint density at radius 1 is 0.889 bits per heavy atom. The van der Waals surface area contributed by atoms with Gasteiger partial charge < -0.3 is 4.74 Å². The van der Waals surface area contributed by atoms with Crippen LogP contribution in [0.25, 0.3) is 0 Å². The number of hydrogen-bond acceptors (Lipinski definition) is 1. The highest BCUT2D eigenvalue weighted by Crippen LogP contribution is 2.31. The van der Waals surface area contributed by atoms with Crippen molar-refractivity contribution in [1.82, 2.24) is 0 Å². The second-order valence-electron chi connectivity index (χ2n) is 3.21. The fourth-order valence-electron chi connectivity index (χ4n) is 1.24. The summed E-state index contributed by atoms with van der Waals surface area (Å²) in [6.07, 6.45) is 0. The van der Waals surface area contributed by atoms with E-state index in [0.717, 1.165) is 6.07 Å².